The van der Waals surface area contributed by atoms with E-state index >= 15 is 0 Å². The van der Waals surface area contributed by atoms with Gasteiger partial charge in [0.2, 0.25) is 0 Å². The second-order valence-corrected chi connectivity index (χ2v) is 12.9. The summed E-state index contributed by atoms with van der Waals surface area (Å²) < 4.78 is 21.2. The molecule has 0 bridgehead atoms. The van der Waals surface area contributed by atoms with Gasteiger partial charge in [0.05, 0.1) is 44.1 Å². The first kappa shape index (κ1) is 37.7. The molecule has 0 aromatic heterocycles. The van der Waals surface area contributed by atoms with Crippen LogP contribution in [0.2, 0.25) is 0 Å². The number of methoxy groups -OCH3 is 1. The van der Waals surface area contributed by atoms with Crippen LogP contribution in [0.5, 0.6) is 0 Å². The summed E-state index contributed by atoms with van der Waals surface area (Å²) in [7, 11) is 1.72. The fourth-order valence-electron chi connectivity index (χ4n) is 5.85. The molecule has 2 fully saturated rings. The van der Waals surface area contributed by atoms with E-state index in [-0.39, 0.29) is 11.6 Å². The van der Waals surface area contributed by atoms with Crippen molar-refractivity contribution >= 4 is 11.6 Å². The molecule has 0 radical (unpaired) electrons. The molecular formula is C38H56N2O6. The largest absolute Gasteiger partial charge is 0.385 e. The van der Waals surface area contributed by atoms with Gasteiger partial charge in [0.1, 0.15) is 0 Å². The maximum atomic E-state index is 12.9. The first-order valence-corrected chi connectivity index (χ1v) is 16.7. The van der Waals surface area contributed by atoms with E-state index in [4.69, 9.17) is 18.9 Å². The van der Waals surface area contributed by atoms with Gasteiger partial charge in [-0.1, -0.05) is 54.6 Å². The number of carbonyl (C=O) groups is 2. The SMILES string of the molecule is C=CCOCCCc1ccc(C(=O)C(C)(C)N2CCOCC2)cc1.COCCCc1ccc(C(=O)C(C)(C)N2CCOCC2)cc1. The molecule has 8 heteroatoms. The molecule has 46 heavy (non-hydrogen) atoms. The normalized spacial score (nSPS) is 16.4. The highest BCUT2D eigenvalue weighted by Gasteiger charge is 2.37. The van der Waals surface area contributed by atoms with Crippen molar-refractivity contribution in [1.82, 2.24) is 9.80 Å². The van der Waals surface area contributed by atoms with Crippen molar-refractivity contribution in [2.24, 2.45) is 0 Å². The molecule has 0 amide bonds. The van der Waals surface area contributed by atoms with Crippen LogP contribution in [0.3, 0.4) is 0 Å². The summed E-state index contributed by atoms with van der Waals surface area (Å²) in [5.41, 5.74) is 3.06. The van der Waals surface area contributed by atoms with E-state index in [1.807, 2.05) is 52.0 Å². The Kier molecular flexibility index (Phi) is 15.7. The predicted molar refractivity (Wildman–Crippen MR) is 184 cm³/mol. The third-order valence-corrected chi connectivity index (χ3v) is 8.95. The number of hydrogen-bond acceptors (Lipinski definition) is 8. The molecule has 2 saturated heterocycles. The molecule has 2 aliphatic heterocycles. The number of benzene rings is 2. The number of carbonyl (C=O) groups excluding carboxylic acids is 2. The van der Waals surface area contributed by atoms with Crippen LogP contribution >= 0.6 is 0 Å². The maximum absolute atomic E-state index is 12.9. The highest BCUT2D eigenvalue weighted by molar-refractivity contribution is 6.03. The molecule has 8 nitrogen and oxygen atoms in total. The summed E-state index contributed by atoms with van der Waals surface area (Å²) in [6.07, 6.45) is 5.67. The molecule has 0 unspecified atom stereocenters. The van der Waals surface area contributed by atoms with E-state index in [0.717, 1.165) is 76.2 Å². The van der Waals surface area contributed by atoms with Crippen LogP contribution in [0.4, 0.5) is 0 Å². The average molecular weight is 637 g/mol. The van der Waals surface area contributed by atoms with Crippen LogP contribution in [-0.4, -0.2) is 112 Å². The Bertz CT molecular complexity index is 1200. The number of morpholine rings is 2. The van der Waals surface area contributed by atoms with Gasteiger partial charge in [-0.15, -0.1) is 6.58 Å². The van der Waals surface area contributed by atoms with E-state index in [2.05, 4.69) is 40.6 Å². The summed E-state index contributed by atoms with van der Waals surface area (Å²) in [6.45, 7) is 19.8. The summed E-state index contributed by atoms with van der Waals surface area (Å²) in [6, 6.07) is 16.0. The van der Waals surface area contributed by atoms with Crippen molar-refractivity contribution in [2.75, 3.05) is 79.5 Å². The number of aryl methyl sites for hydroxylation is 2. The van der Waals surface area contributed by atoms with Crippen molar-refractivity contribution in [2.45, 2.75) is 64.5 Å². The molecule has 0 saturated carbocycles. The Balaban J connectivity index is 0.000000251. The van der Waals surface area contributed by atoms with Crippen LogP contribution in [0.15, 0.2) is 61.2 Å². The van der Waals surface area contributed by atoms with Gasteiger partial charge in [-0.25, -0.2) is 0 Å². The Morgan fingerprint density at radius 1 is 0.717 bits per heavy atom. The molecule has 2 heterocycles. The summed E-state index contributed by atoms with van der Waals surface area (Å²) in [5, 5.41) is 0. The zero-order valence-corrected chi connectivity index (χ0v) is 28.9. The molecule has 0 aliphatic carbocycles. The topological polar surface area (TPSA) is 77.5 Å². The van der Waals surface area contributed by atoms with Crippen LogP contribution in [0.1, 0.15) is 72.4 Å². The molecule has 0 N–H and O–H groups in total. The molecular weight excluding hydrogens is 580 g/mol. The van der Waals surface area contributed by atoms with Gasteiger partial charge in [0.25, 0.3) is 0 Å². The lowest BCUT2D eigenvalue weighted by Crippen LogP contribution is -2.54. The van der Waals surface area contributed by atoms with Gasteiger partial charge in [0.15, 0.2) is 11.6 Å². The number of ether oxygens (including phenoxy) is 4. The summed E-state index contributed by atoms with van der Waals surface area (Å²) in [5.74, 6) is 0.350. The Hall–Kier alpha value is -2.72. The van der Waals surface area contributed by atoms with Crippen molar-refractivity contribution in [3.8, 4) is 0 Å². The van der Waals surface area contributed by atoms with Gasteiger partial charge >= 0.3 is 0 Å². The molecule has 2 aromatic rings. The summed E-state index contributed by atoms with van der Waals surface area (Å²) in [4.78, 5) is 30.2. The molecule has 4 rings (SSSR count). The minimum absolute atomic E-state index is 0.172. The monoisotopic (exact) mass is 636 g/mol. The Morgan fingerprint density at radius 2 is 1.11 bits per heavy atom. The standard InChI is InChI=1S/C20H29NO3.C18H27NO3/c1-4-13-23-14-5-6-17-7-9-18(10-8-17)19(22)20(2,3)21-11-15-24-16-12-21;1-18(2,19-10-13-22-14-11-19)17(20)16-8-6-15(7-9-16)5-4-12-21-3/h4,7-10H,1,5-6,11-16H2,2-3H3;6-9H,4-5,10-14H2,1-3H3. The van der Waals surface area contributed by atoms with Crippen molar-refractivity contribution < 1.29 is 28.5 Å². The van der Waals surface area contributed by atoms with E-state index < -0.39 is 11.1 Å². The van der Waals surface area contributed by atoms with E-state index in [1.54, 1.807) is 13.2 Å². The van der Waals surface area contributed by atoms with E-state index in [0.29, 0.717) is 33.0 Å². The van der Waals surface area contributed by atoms with Crippen LogP contribution in [0, 0.1) is 0 Å². The number of hydrogen-bond donors (Lipinski definition) is 0. The average Bonchev–Trinajstić information content (AvgIpc) is 3.09. The van der Waals surface area contributed by atoms with Crippen LogP contribution in [-0.2, 0) is 31.8 Å². The molecule has 2 aliphatic rings. The van der Waals surface area contributed by atoms with Gasteiger partial charge in [-0.05, 0) is 64.5 Å². The fraction of sp³-hybridized carbons (Fsp3) is 0.579. The lowest BCUT2D eigenvalue weighted by Gasteiger charge is -2.39. The number of nitrogens with zero attached hydrogens (tertiary/aromatic N) is 2. The molecule has 0 spiro atoms. The number of Topliss-reactive ketones (excluding diaryl/α,β-unsaturated/α-hetero) is 2. The fourth-order valence-corrected chi connectivity index (χ4v) is 5.85. The smallest absolute Gasteiger partial charge is 0.182 e. The van der Waals surface area contributed by atoms with Crippen molar-refractivity contribution in [1.29, 1.82) is 0 Å². The Labute approximate surface area is 277 Å². The zero-order chi connectivity index (χ0) is 33.4. The Morgan fingerprint density at radius 3 is 1.48 bits per heavy atom. The minimum Gasteiger partial charge on any atom is -0.385 e. The third kappa shape index (κ3) is 11.2. The minimum atomic E-state index is -0.496. The predicted octanol–water partition coefficient (Wildman–Crippen LogP) is 5.67. The quantitative estimate of drug-likeness (QED) is 0.133. The van der Waals surface area contributed by atoms with Gasteiger partial charge in [-0.2, -0.15) is 0 Å². The van der Waals surface area contributed by atoms with Gasteiger partial charge in [0, 0.05) is 57.6 Å². The first-order chi connectivity index (χ1) is 22.1. The molecule has 254 valence electrons. The van der Waals surface area contributed by atoms with Gasteiger partial charge in [-0.3, -0.25) is 19.4 Å². The second kappa shape index (κ2) is 19.2. The number of rotatable bonds is 16. The molecule has 2 aromatic carbocycles. The van der Waals surface area contributed by atoms with Gasteiger partial charge < -0.3 is 18.9 Å². The number of ketones is 2. The first-order valence-electron chi connectivity index (χ1n) is 16.7. The highest BCUT2D eigenvalue weighted by atomic mass is 16.5. The van der Waals surface area contributed by atoms with E-state index in [9.17, 15) is 9.59 Å². The lowest BCUT2D eigenvalue weighted by molar-refractivity contribution is -0.00442. The maximum Gasteiger partial charge on any atom is 0.182 e. The third-order valence-electron chi connectivity index (χ3n) is 8.95. The highest BCUT2D eigenvalue weighted by Crippen LogP contribution is 2.24. The van der Waals surface area contributed by atoms with Crippen LogP contribution in [0.25, 0.3) is 0 Å². The van der Waals surface area contributed by atoms with E-state index in [1.165, 1.54) is 11.1 Å². The molecule has 0 atom stereocenters. The summed E-state index contributed by atoms with van der Waals surface area (Å²) >= 11 is 0. The second-order valence-electron chi connectivity index (χ2n) is 12.9. The van der Waals surface area contributed by atoms with Crippen molar-refractivity contribution in [3.05, 3.63) is 83.4 Å². The van der Waals surface area contributed by atoms with Crippen LogP contribution < -0.4 is 0 Å². The van der Waals surface area contributed by atoms with Crippen molar-refractivity contribution in [3.63, 3.8) is 0 Å². The zero-order valence-electron chi connectivity index (χ0n) is 28.9. The lowest BCUT2D eigenvalue weighted by atomic mass is 9.90.